The summed E-state index contributed by atoms with van der Waals surface area (Å²) >= 11 is 0. The maximum Gasteiger partial charge on any atom is 0.311 e. The Morgan fingerprint density at radius 3 is 2.63 bits per heavy atom. The van der Waals surface area contributed by atoms with Crippen molar-refractivity contribution in [2.24, 2.45) is 5.41 Å². The summed E-state index contributed by atoms with van der Waals surface area (Å²) < 4.78 is 0. The average Bonchev–Trinajstić information content (AvgIpc) is 2.29. The number of nitrogens with zero attached hydrogens (tertiary/aromatic N) is 2. The minimum atomic E-state index is -0.443. The van der Waals surface area contributed by atoms with Crippen molar-refractivity contribution in [1.82, 2.24) is 4.98 Å². The molecule has 19 heavy (non-hydrogen) atoms. The number of hydrogen-bond acceptors (Lipinski definition) is 5. The SMILES string of the molecule is Cc1cnc(NC(CCO)C(C)(C)C)c([N+](=O)[O-])c1. The minimum absolute atomic E-state index is 0.0224. The van der Waals surface area contributed by atoms with Gasteiger partial charge >= 0.3 is 5.69 Å². The minimum Gasteiger partial charge on any atom is -0.396 e. The molecular formula is C13H21N3O3. The molecule has 0 aromatic carbocycles. The highest BCUT2D eigenvalue weighted by molar-refractivity contribution is 5.57. The molecule has 0 aliphatic heterocycles. The predicted octanol–water partition coefficient (Wildman–Crippen LogP) is 2.51. The first kappa shape index (κ1) is 15.4. The molecule has 0 spiro atoms. The molecule has 2 N–H and O–H groups in total. The number of nitro groups is 1. The lowest BCUT2D eigenvalue weighted by atomic mass is 9.85. The average molecular weight is 267 g/mol. The van der Waals surface area contributed by atoms with Gasteiger partial charge in [-0.2, -0.15) is 0 Å². The molecule has 1 unspecified atom stereocenters. The van der Waals surface area contributed by atoms with E-state index in [4.69, 9.17) is 5.11 Å². The van der Waals surface area contributed by atoms with Crippen LogP contribution in [0.1, 0.15) is 32.8 Å². The highest BCUT2D eigenvalue weighted by atomic mass is 16.6. The van der Waals surface area contributed by atoms with E-state index in [-0.39, 0.29) is 29.6 Å². The van der Waals surface area contributed by atoms with Crippen LogP contribution in [0.25, 0.3) is 0 Å². The summed E-state index contributed by atoms with van der Waals surface area (Å²) in [6, 6.07) is 1.40. The zero-order valence-corrected chi connectivity index (χ0v) is 11.8. The Labute approximate surface area is 113 Å². The van der Waals surface area contributed by atoms with E-state index in [1.165, 1.54) is 6.07 Å². The summed E-state index contributed by atoms with van der Waals surface area (Å²) in [5, 5.41) is 23.2. The predicted molar refractivity (Wildman–Crippen MR) is 74.2 cm³/mol. The highest BCUT2D eigenvalue weighted by Crippen LogP contribution is 2.29. The van der Waals surface area contributed by atoms with Gasteiger partial charge in [0.25, 0.3) is 0 Å². The molecule has 0 fully saturated rings. The van der Waals surface area contributed by atoms with E-state index in [2.05, 4.69) is 10.3 Å². The Balaban J connectivity index is 3.06. The van der Waals surface area contributed by atoms with Crippen LogP contribution in [0.4, 0.5) is 11.5 Å². The third-order valence-electron chi connectivity index (χ3n) is 2.98. The lowest BCUT2D eigenvalue weighted by Crippen LogP contribution is -2.35. The number of aromatic nitrogens is 1. The zero-order chi connectivity index (χ0) is 14.6. The number of aliphatic hydroxyl groups is 1. The van der Waals surface area contributed by atoms with E-state index >= 15 is 0 Å². The highest BCUT2D eigenvalue weighted by Gasteiger charge is 2.27. The van der Waals surface area contributed by atoms with Crippen molar-refractivity contribution in [2.45, 2.75) is 40.2 Å². The van der Waals surface area contributed by atoms with Crippen LogP contribution in [0.3, 0.4) is 0 Å². The number of rotatable bonds is 5. The molecule has 6 heteroatoms. The number of aliphatic hydroxyl groups excluding tert-OH is 1. The van der Waals surface area contributed by atoms with Crippen LogP contribution in [0.2, 0.25) is 0 Å². The Morgan fingerprint density at radius 1 is 1.53 bits per heavy atom. The van der Waals surface area contributed by atoms with Gasteiger partial charge in [0.15, 0.2) is 0 Å². The van der Waals surface area contributed by atoms with Crippen molar-refractivity contribution in [2.75, 3.05) is 11.9 Å². The first-order chi connectivity index (χ1) is 8.75. The van der Waals surface area contributed by atoms with Crippen LogP contribution < -0.4 is 5.32 Å². The number of pyridine rings is 1. The van der Waals surface area contributed by atoms with Crippen molar-refractivity contribution in [3.63, 3.8) is 0 Å². The molecule has 0 aliphatic rings. The zero-order valence-electron chi connectivity index (χ0n) is 11.8. The van der Waals surface area contributed by atoms with Gasteiger partial charge in [-0.1, -0.05) is 20.8 Å². The van der Waals surface area contributed by atoms with Crippen molar-refractivity contribution in [3.8, 4) is 0 Å². The van der Waals surface area contributed by atoms with E-state index < -0.39 is 4.92 Å². The molecule has 6 nitrogen and oxygen atoms in total. The monoisotopic (exact) mass is 267 g/mol. The summed E-state index contributed by atoms with van der Waals surface area (Å²) in [4.78, 5) is 14.7. The Bertz CT molecular complexity index is 455. The second-order valence-corrected chi connectivity index (χ2v) is 5.71. The van der Waals surface area contributed by atoms with Crippen molar-refractivity contribution in [1.29, 1.82) is 0 Å². The largest absolute Gasteiger partial charge is 0.396 e. The van der Waals surface area contributed by atoms with Gasteiger partial charge < -0.3 is 10.4 Å². The van der Waals surface area contributed by atoms with Crippen LogP contribution in [-0.2, 0) is 0 Å². The smallest absolute Gasteiger partial charge is 0.311 e. The van der Waals surface area contributed by atoms with Gasteiger partial charge in [-0.3, -0.25) is 10.1 Å². The Morgan fingerprint density at radius 2 is 2.16 bits per heavy atom. The van der Waals surface area contributed by atoms with Gasteiger partial charge in [-0.25, -0.2) is 4.98 Å². The fourth-order valence-corrected chi connectivity index (χ4v) is 1.82. The standard InChI is InChI=1S/C13H21N3O3/c1-9-7-10(16(18)19)12(14-8-9)15-11(5-6-17)13(2,3)4/h7-8,11,17H,5-6H2,1-4H3,(H,14,15). The maximum absolute atomic E-state index is 11.0. The van der Waals surface area contributed by atoms with Crippen LogP contribution in [0, 0.1) is 22.5 Å². The van der Waals surface area contributed by atoms with E-state index in [1.807, 2.05) is 20.8 Å². The maximum atomic E-state index is 11.0. The second kappa shape index (κ2) is 5.97. The molecular weight excluding hydrogens is 246 g/mol. The molecule has 0 radical (unpaired) electrons. The summed E-state index contributed by atoms with van der Waals surface area (Å²) in [5.41, 5.74) is 0.572. The lowest BCUT2D eigenvalue weighted by Gasteiger charge is -2.31. The Kier molecular flexibility index (Phi) is 4.83. The Hall–Kier alpha value is -1.69. The van der Waals surface area contributed by atoms with E-state index in [1.54, 1.807) is 13.1 Å². The van der Waals surface area contributed by atoms with E-state index in [0.717, 1.165) is 5.56 Å². The fourth-order valence-electron chi connectivity index (χ4n) is 1.82. The second-order valence-electron chi connectivity index (χ2n) is 5.71. The van der Waals surface area contributed by atoms with E-state index in [9.17, 15) is 10.1 Å². The van der Waals surface area contributed by atoms with Crippen LogP contribution in [0.15, 0.2) is 12.3 Å². The van der Waals surface area contributed by atoms with E-state index in [0.29, 0.717) is 6.42 Å². The van der Waals surface area contributed by atoms with Gasteiger partial charge in [0.2, 0.25) is 5.82 Å². The van der Waals surface area contributed by atoms with Crippen LogP contribution in [-0.4, -0.2) is 27.7 Å². The first-order valence-corrected chi connectivity index (χ1v) is 6.24. The molecule has 1 aromatic rings. The number of aryl methyl sites for hydroxylation is 1. The third-order valence-corrected chi connectivity index (χ3v) is 2.98. The van der Waals surface area contributed by atoms with Crippen LogP contribution in [0.5, 0.6) is 0 Å². The van der Waals surface area contributed by atoms with Gasteiger partial charge in [0.1, 0.15) is 0 Å². The van der Waals surface area contributed by atoms with Gasteiger partial charge in [0.05, 0.1) is 4.92 Å². The molecule has 1 rings (SSSR count). The first-order valence-electron chi connectivity index (χ1n) is 6.24. The number of nitrogens with one attached hydrogen (secondary N) is 1. The number of hydrogen-bond donors (Lipinski definition) is 2. The lowest BCUT2D eigenvalue weighted by molar-refractivity contribution is -0.384. The summed E-state index contributed by atoms with van der Waals surface area (Å²) in [7, 11) is 0. The molecule has 1 heterocycles. The molecule has 0 aliphatic carbocycles. The molecule has 106 valence electrons. The molecule has 1 aromatic heterocycles. The van der Waals surface area contributed by atoms with Crippen LogP contribution >= 0.6 is 0 Å². The van der Waals surface area contributed by atoms with Gasteiger partial charge in [-0.05, 0) is 24.3 Å². The summed E-state index contributed by atoms with van der Waals surface area (Å²) in [6.45, 7) is 7.83. The van der Waals surface area contributed by atoms with Gasteiger partial charge in [0, 0.05) is 24.9 Å². The topological polar surface area (TPSA) is 88.3 Å². The molecule has 0 saturated carbocycles. The molecule has 0 bridgehead atoms. The molecule has 0 amide bonds. The summed E-state index contributed by atoms with van der Waals surface area (Å²) in [5.74, 6) is 0.254. The number of anilines is 1. The van der Waals surface area contributed by atoms with Crippen molar-refractivity contribution in [3.05, 3.63) is 27.9 Å². The molecule has 1 atom stereocenters. The van der Waals surface area contributed by atoms with Crippen molar-refractivity contribution >= 4 is 11.5 Å². The normalized spacial score (nSPS) is 13.1. The molecule has 0 saturated heterocycles. The van der Waals surface area contributed by atoms with Gasteiger partial charge in [-0.15, -0.1) is 0 Å². The third kappa shape index (κ3) is 4.17. The fraction of sp³-hybridized carbons (Fsp3) is 0.615. The van der Waals surface area contributed by atoms with Crippen molar-refractivity contribution < 1.29 is 10.0 Å². The summed E-state index contributed by atoms with van der Waals surface area (Å²) in [6.07, 6.45) is 2.10. The quantitative estimate of drug-likeness (QED) is 0.632.